The molecule has 0 fully saturated rings. The smallest absolute Gasteiger partial charge is 0.547 e. The van der Waals surface area contributed by atoms with Crippen molar-refractivity contribution in [1.29, 1.82) is 0 Å². The number of aliphatic carboxylic acids is 2. The van der Waals surface area contributed by atoms with E-state index in [0.717, 1.165) is 0 Å². The third kappa shape index (κ3) is 23.0. The maximum absolute atomic E-state index is 9.63. The standard InChI is InChI=1S/C4H6O6.Ag.K.NO3.Na/c5-1(3(7)8)2(6)4(9)10;;;2-1(3)4;/h1-2,5-6H,(H,7,8)(H,9,10);;;;/q;2*+1;-1;+1/p-2. The molecule has 0 saturated carbocycles. The van der Waals surface area contributed by atoms with Crippen LogP contribution in [0.4, 0.5) is 0 Å². The molecule has 10 nitrogen and oxygen atoms in total. The van der Waals surface area contributed by atoms with Gasteiger partial charge in [-0.3, -0.25) is 0 Å². The number of aliphatic hydroxyl groups excluding tert-OH is 2. The Morgan fingerprint density at radius 3 is 1.18 bits per heavy atom. The molecule has 0 rings (SSSR count). The van der Waals surface area contributed by atoms with Gasteiger partial charge in [0.15, 0.2) is 0 Å². The Labute approximate surface area is 175 Å². The summed E-state index contributed by atoms with van der Waals surface area (Å²) in [5.41, 5.74) is 0. The van der Waals surface area contributed by atoms with Crippen molar-refractivity contribution >= 4 is 11.9 Å². The third-order valence-electron chi connectivity index (χ3n) is 0.782. The number of rotatable bonds is 3. The molecule has 0 aromatic heterocycles. The molecule has 2 atom stereocenters. The Morgan fingerprint density at radius 1 is 1.00 bits per heavy atom. The molecule has 0 aliphatic carbocycles. The summed E-state index contributed by atoms with van der Waals surface area (Å²) in [6, 6.07) is 0. The average Bonchev–Trinajstić information content (AvgIpc) is 2.00. The van der Waals surface area contributed by atoms with Crippen molar-refractivity contribution in [1.82, 2.24) is 0 Å². The van der Waals surface area contributed by atoms with E-state index in [1.807, 2.05) is 0 Å². The summed E-state index contributed by atoms with van der Waals surface area (Å²) in [5, 5.41) is 50.5. The van der Waals surface area contributed by atoms with Crippen LogP contribution in [0.15, 0.2) is 0 Å². The zero-order chi connectivity index (χ0) is 11.9. The van der Waals surface area contributed by atoms with Crippen LogP contribution in [0.5, 0.6) is 0 Å². The molecule has 0 heterocycles. The van der Waals surface area contributed by atoms with E-state index in [4.69, 9.17) is 25.5 Å². The number of nitrogens with zero attached hydrogens (tertiary/aromatic N) is 1. The monoisotopic (exact) mass is 379 g/mol. The first-order chi connectivity index (χ1) is 6.20. The normalized spacial score (nSPS) is 10.7. The summed E-state index contributed by atoms with van der Waals surface area (Å²) < 4.78 is 0. The average molecular weight is 380 g/mol. The second-order valence-electron chi connectivity index (χ2n) is 1.75. The van der Waals surface area contributed by atoms with Crippen LogP contribution in [0.1, 0.15) is 0 Å². The summed E-state index contributed by atoms with van der Waals surface area (Å²) in [4.78, 5) is 27.5. The fourth-order valence-corrected chi connectivity index (χ4v) is 0.258. The van der Waals surface area contributed by atoms with E-state index >= 15 is 0 Å². The number of hydrogen-bond acceptors (Lipinski definition) is 9. The molecule has 0 bridgehead atoms. The van der Waals surface area contributed by atoms with Gasteiger partial charge < -0.3 is 45.3 Å². The van der Waals surface area contributed by atoms with E-state index in [1.165, 1.54) is 0 Å². The molecular weight excluding hydrogens is 376 g/mol. The van der Waals surface area contributed by atoms with Crippen LogP contribution in [0, 0.1) is 15.3 Å². The van der Waals surface area contributed by atoms with Gasteiger partial charge in [0, 0.05) is 0 Å². The third-order valence-corrected chi connectivity index (χ3v) is 0.782. The number of carboxylic acid groups (broad SMARTS) is 2. The molecule has 0 spiro atoms. The van der Waals surface area contributed by atoms with Crippen LogP contribution in [0.25, 0.3) is 0 Å². The van der Waals surface area contributed by atoms with Gasteiger partial charge in [-0.1, -0.05) is 0 Å². The SMILES string of the molecule is O=C([O-])C(O)C(O)C(=O)[O-].O=[N+]([O-])[O-].[Ag+].[K+].[Na+]. The fourth-order valence-electron chi connectivity index (χ4n) is 0.258. The van der Waals surface area contributed by atoms with Crippen LogP contribution < -0.4 is 91.2 Å². The fraction of sp³-hybridized carbons (Fsp3) is 0.500. The van der Waals surface area contributed by atoms with Crippen LogP contribution in [-0.4, -0.2) is 39.4 Å². The number of carboxylic acids is 2. The van der Waals surface area contributed by atoms with Crippen molar-refractivity contribution in [3.63, 3.8) is 0 Å². The van der Waals surface area contributed by atoms with E-state index in [-0.39, 0.29) is 103 Å². The minimum absolute atomic E-state index is 0. The minimum Gasteiger partial charge on any atom is -0.547 e. The first-order valence-corrected chi connectivity index (χ1v) is 2.79. The summed E-state index contributed by atoms with van der Waals surface area (Å²) >= 11 is 0. The molecule has 0 aliphatic rings. The van der Waals surface area contributed by atoms with Gasteiger partial charge in [-0.05, 0) is 0 Å². The zero-order valence-electron chi connectivity index (χ0n) is 8.66. The van der Waals surface area contributed by atoms with Crippen LogP contribution in [0.2, 0.25) is 0 Å². The van der Waals surface area contributed by atoms with Gasteiger partial charge in [-0.25, -0.2) is 0 Å². The summed E-state index contributed by atoms with van der Waals surface area (Å²) in [7, 11) is 0. The Kier molecular flexibility index (Phi) is 31.8. The molecule has 2 unspecified atom stereocenters. The first-order valence-electron chi connectivity index (χ1n) is 2.79. The van der Waals surface area contributed by atoms with Gasteiger partial charge in [0.2, 0.25) is 0 Å². The second-order valence-corrected chi connectivity index (χ2v) is 1.75. The Morgan fingerprint density at radius 2 is 1.12 bits per heavy atom. The van der Waals surface area contributed by atoms with E-state index in [1.54, 1.807) is 0 Å². The van der Waals surface area contributed by atoms with E-state index in [2.05, 4.69) is 0 Å². The first kappa shape index (κ1) is 31.0. The predicted molar refractivity (Wildman–Crippen MR) is 32.4 cm³/mol. The summed E-state index contributed by atoms with van der Waals surface area (Å²) in [6.07, 6.45) is -4.88. The van der Waals surface area contributed by atoms with Crippen molar-refractivity contribution < 1.29 is 138 Å². The largest absolute Gasteiger partial charge is 1.00 e. The number of carbonyl (C=O) groups is 2. The number of aliphatic hydroxyl groups is 2. The molecule has 92 valence electrons. The van der Waals surface area contributed by atoms with Crippen molar-refractivity contribution in [2.45, 2.75) is 12.2 Å². The number of hydrogen-bond donors (Lipinski definition) is 2. The van der Waals surface area contributed by atoms with Crippen molar-refractivity contribution in [2.75, 3.05) is 0 Å². The minimum atomic E-state index is -2.44. The second kappa shape index (κ2) is 17.4. The molecule has 0 amide bonds. The summed E-state index contributed by atoms with van der Waals surface area (Å²) in [6.45, 7) is 0. The predicted octanol–water partition coefficient (Wildman–Crippen LogP) is -11.0. The van der Waals surface area contributed by atoms with Crippen molar-refractivity contribution in [2.24, 2.45) is 0 Å². The van der Waals surface area contributed by atoms with Gasteiger partial charge in [-0.2, -0.15) is 0 Å². The van der Waals surface area contributed by atoms with Gasteiger partial charge >= 0.3 is 103 Å². The Hall–Kier alpha value is 1.44. The molecular formula is C4H4AgKNNaO9. The topological polar surface area (TPSA) is 187 Å². The molecule has 0 aromatic carbocycles. The van der Waals surface area contributed by atoms with E-state index in [0.29, 0.717) is 0 Å². The molecule has 2 N–H and O–H groups in total. The molecule has 17 heavy (non-hydrogen) atoms. The van der Waals surface area contributed by atoms with Crippen LogP contribution >= 0.6 is 0 Å². The maximum atomic E-state index is 9.63. The van der Waals surface area contributed by atoms with E-state index < -0.39 is 29.2 Å². The quantitative estimate of drug-likeness (QED) is 0.272. The van der Waals surface area contributed by atoms with Crippen molar-refractivity contribution in [3.8, 4) is 0 Å². The Bertz CT molecular complexity index is 219. The Balaban J connectivity index is -0.0000000607. The van der Waals surface area contributed by atoms with Gasteiger partial charge in [0.05, 0.1) is 17.0 Å². The van der Waals surface area contributed by atoms with Gasteiger partial charge in [-0.15, -0.1) is 0 Å². The van der Waals surface area contributed by atoms with Crippen molar-refractivity contribution in [3.05, 3.63) is 15.3 Å². The van der Waals surface area contributed by atoms with Gasteiger partial charge in [0.1, 0.15) is 12.2 Å². The molecule has 13 heteroatoms. The number of carbonyl (C=O) groups excluding carboxylic acids is 2. The summed E-state index contributed by atoms with van der Waals surface area (Å²) in [5.74, 6) is -4.12. The molecule has 0 aliphatic heterocycles. The molecule has 0 radical (unpaired) electrons. The zero-order valence-corrected chi connectivity index (χ0v) is 15.3. The van der Waals surface area contributed by atoms with Gasteiger partial charge in [0.25, 0.3) is 0 Å². The molecule has 0 aromatic rings. The molecule has 0 saturated heterocycles. The maximum Gasteiger partial charge on any atom is 1.00 e. The van der Waals surface area contributed by atoms with Crippen LogP contribution in [0.3, 0.4) is 0 Å². The van der Waals surface area contributed by atoms with Crippen LogP contribution in [-0.2, 0) is 32.0 Å². The van der Waals surface area contributed by atoms with E-state index in [9.17, 15) is 19.8 Å².